The molecule has 0 aromatic heterocycles. The molecule has 0 radical (unpaired) electrons. The molecular formula is C12H27N. The molecule has 0 heterocycles. The Morgan fingerprint density at radius 3 is 2.08 bits per heavy atom. The molecule has 1 heteroatoms. The van der Waals surface area contributed by atoms with Gasteiger partial charge in [0.05, 0.1) is 0 Å². The molecule has 0 amide bonds. The first-order valence-electron chi connectivity index (χ1n) is 5.60. The maximum absolute atomic E-state index is 5.81. The van der Waals surface area contributed by atoms with Crippen LogP contribution in [0.2, 0.25) is 0 Å². The molecular weight excluding hydrogens is 158 g/mol. The summed E-state index contributed by atoms with van der Waals surface area (Å²) < 4.78 is 0. The average molecular weight is 185 g/mol. The van der Waals surface area contributed by atoms with Crippen molar-refractivity contribution in [1.29, 1.82) is 0 Å². The zero-order valence-corrected chi connectivity index (χ0v) is 10.1. The molecule has 0 aliphatic rings. The van der Waals surface area contributed by atoms with Gasteiger partial charge in [-0.3, -0.25) is 0 Å². The second-order valence-corrected chi connectivity index (χ2v) is 5.53. The van der Waals surface area contributed by atoms with E-state index in [1.165, 1.54) is 19.3 Å². The van der Waals surface area contributed by atoms with Crippen molar-refractivity contribution in [2.75, 3.05) is 6.54 Å². The molecule has 0 aliphatic carbocycles. The van der Waals surface area contributed by atoms with Crippen molar-refractivity contribution < 1.29 is 0 Å². The lowest BCUT2D eigenvalue weighted by Gasteiger charge is -2.29. The van der Waals surface area contributed by atoms with Gasteiger partial charge in [-0.05, 0) is 30.2 Å². The Morgan fingerprint density at radius 1 is 1.23 bits per heavy atom. The van der Waals surface area contributed by atoms with Gasteiger partial charge in [0.2, 0.25) is 0 Å². The molecule has 1 nitrogen and oxygen atoms in total. The van der Waals surface area contributed by atoms with E-state index in [-0.39, 0.29) is 0 Å². The first-order chi connectivity index (χ1) is 5.90. The molecule has 2 N–H and O–H groups in total. The van der Waals surface area contributed by atoms with Gasteiger partial charge in [-0.2, -0.15) is 0 Å². The highest BCUT2D eigenvalue weighted by Gasteiger charge is 2.21. The fraction of sp³-hybridized carbons (Fsp3) is 1.00. The van der Waals surface area contributed by atoms with Crippen molar-refractivity contribution in [2.24, 2.45) is 23.0 Å². The van der Waals surface area contributed by atoms with Gasteiger partial charge in [-0.25, -0.2) is 0 Å². The maximum Gasteiger partial charge on any atom is -0.00461 e. The van der Waals surface area contributed by atoms with E-state index in [2.05, 4.69) is 34.6 Å². The second-order valence-electron chi connectivity index (χ2n) is 5.53. The minimum atomic E-state index is 0.423. The average Bonchev–Trinajstić information content (AvgIpc) is 1.99. The van der Waals surface area contributed by atoms with Crippen LogP contribution in [0.15, 0.2) is 0 Å². The predicted molar refractivity (Wildman–Crippen MR) is 60.7 cm³/mol. The van der Waals surface area contributed by atoms with Gasteiger partial charge in [0, 0.05) is 0 Å². The molecule has 0 bridgehead atoms. The molecule has 2 unspecified atom stereocenters. The van der Waals surface area contributed by atoms with Crippen molar-refractivity contribution in [3.05, 3.63) is 0 Å². The van der Waals surface area contributed by atoms with E-state index in [1.807, 2.05) is 0 Å². The van der Waals surface area contributed by atoms with Crippen LogP contribution in [-0.4, -0.2) is 6.54 Å². The molecule has 0 aliphatic heterocycles. The van der Waals surface area contributed by atoms with Gasteiger partial charge in [0.1, 0.15) is 0 Å². The molecule has 13 heavy (non-hydrogen) atoms. The van der Waals surface area contributed by atoms with Gasteiger partial charge in [-0.1, -0.05) is 47.5 Å². The predicted octanol–water partition coefficient (Wildman–Crippen LogP) is 3.43. The Morgan fingerprint density at radius 2 is 1.77 bits per heavy atom. The molecule has 0 saturated heterocycles. The van der Waals surface area contributed by atoms with Crippen molar-refractivity contribution in [3.63, 3.8) is 0 Å². The lowest BCUT2D eigenvalue weighted by Crippen LogP contribution is -2.26. The third-order valence-electron chi connectivity index (χ3n) is 2.73. The Balaban J connectivity index is 4.01. The Labute approximate surface area is 84.1 Å². The molecule has 0 fully saturated rings. The Bertz CT molecular complexity index is 124. The summed E-state index contributed by atoms with van der Waals surface area (Å²) in [6, 6.07) is 0. The lowest BCUT2D eigenvalue weighted by molar-refractivity contribution is 0.229. The zero-order valence-electron chi connectivity index (χ0n) is 10.1. The van der Waals surface area contributed by atoms with Crippen LogP contribution < -0.4 is 5.73 Å². The second kappa shape index (κ2) is 5.64. The third-order valence-corrected chi connectivity index (χ3v) is 2.73. The highest BCUT2D eigenvalue weighted by molar-refractivity contribution is 4.74. The van der Waals surface area contributed by atoms with E-state index in [4.69, 9.17) is 5.73 Å². The topological polar surface area (TPSA) is 26.0 Å². The molecule has 0 aromatic carbocycles. The van der Waals surface area contributed by atoms with Crippen molar-refractivity contribution in [3.8, 4) is 0 Å². The third kappa shape index (κ3) is 6.09. The maximum atomic E-state index is 5.81. The highest BCUT2D eigenvalue weighted by Crippen LogP contribution is 2.30. The minimum Gasteiger partial charge on any atom is -0.330 e. The Hall–Kier alpha value is -0.0400. The molecule has 0 rings (SSSR count). The normalized spacial score (nSPS) is 17.1. The smallest absolute Gasteiger partial charge is 0.00461 e. The van der Waals surface area contributed by atoms with Gasteiger partial charge in [-0.15, -0.1) is 0 Å². The van der Waals surface area contributed by atoms with E-state index in [0.29, 0.717) is 11.3 Å². The van der Waals surface area contributed by atoms with E-state index in [1.54, 1.807) is 0 Å². The summed E-state index contributed by atoms with van der Waals surface area (Å²) in [5.41, 5.74) is 6.23. The number of hydrogen-bond donors (Lipinski definition) is 1. The van der Waals surface area contributed by atoms with Crippen LogP contribution in [-0.2, 0) is 0 Å². The highest BCUT2D eigenvalue weighted by atomic mass is 14.6. The quantitative estimate of drug-likeness (QED) is 0.697. The van der Waals surface area contributed by atoms with E-state index in [9.17, 15) is 0 Å². The molecule has 80 valence electrons. The van der Waals surface area contributed by atoms with E-state index in [0.717, 1.165) is 12.5 Å². The summed E-state index contributed by atoms with van der Waals surface area (Å²) in [5, 5.41) is 0. The van der Waals surface area contributed by atoms with Crippen LogP contribution in [0.3, 0.4) is 0 Å². The lowest BCUT2D eigenvalue weighted by atomic mass is 9.78. The van der Waals surface area contributed by atoms with E-state index >= 15 is 0 Å². The van der Waals surface area contributed by atoms with Crippen LogP contribution >= 0.6 is 0 Å². The minimum absolute atomic E-state index is 0.423. The van der Waals surface area contributed by atoms with Gasteiger partial charge < -0.3 is 5.73 Å². The summed E-state index contributed by atoms with van der Waals surface area (Å²) in [4.78, 5) is 0. The monoisotopic (exact) mass is 185 g/mol. The molecule has 0 spiro atoms. The van der Waals surface area contributed by atoms with E-state index < -0.39 is 0 Å². The van der Waals surface area contributed by atoms with Crippen LogP contribution in [0.25, 0.3) is 0 Å². The number of nitrogens with two attached hydrogens (primary N) is 1. The number of rotatable bonds is 5. The van der Waals surface area contributed by atoms with Crippen LogP contribution in [0, 0.1) is 17.3 Å². The van der Waals surface area contributed by atoms with Gasteiger partial charge in [0.25, 0.3) is 0 Å². The van der Waals surface area contributed by atoms with Gasteiger partial charge in [0.15, 0.2) is 0 Å². The summed E-state index contributed by atoms with van der Waals surface area (Å²) in [6.45, 7) is 12.3. The van der Waals surface area contributed by atoms with Crippen molar-refractivity contribution in [1.82, 2.24) is 0 Å². The first kappa shape index (κ1) is 13.0. The first-order valence-corrected chi connectivity index (χ1v) is 5.60. The largest absolute Gasteiger partial charge is 0.330 e. The zero-order chi connectivity index (χ0) is 10.5. The summed E-state index contributed by atoms with van der Waals surface area (Å²) in [7, 11) is 0. The fourth-order valence-corrected chi connectivity index (χ4v) is 1.99. The Kier molecular flexibility index (Phi) is 5.62. The standard InChI is InChI=1S/C12H27N/c1-6-7-10(2)11(9-13)8-12(3,4)5/h10-11H,6-9,13H2,1-5H3. The van der Waals surface area contributed by atoms with Crippen LogP contribution in [0.5, 0.6) is 0 Å². The summed E-state index contributed by atoms with van der Waals surface area (Å²) in [5.74, 6) is 1.49. The molecule has 2 atom stereocenters. The van der Waals surface area contributed by atoms with Gasteiger partial charge >= 0.3 is 0 Å². The van der Waals surface area contributed by atoms with Crippen molar-refractivity contribution in [2.45, 2.75) is 53.9 Å². The molecule has 0 aromatic rings. The fourth-order valence-electron chi connectivity index (χ4n) is 1.99. The number of hydrogen-bond acceptors (Lipinski definition) is 1. The van der Waals surface area contributed by atoms with Crippen LogP contribution in [0.4, 0.5) is 0 Å². The van der Waals surface area contributed by atoms with Crippen LogP contribution in [0.1, 0.15) is 53.9 Å². The SMILES string of the molecule is CCCC(C)C(CN)CC(C)(C)C. The summed E-state index contributed by atoms with van der Waals surface area (Å²) in [6.07, 6.45) is 3.85. The summed E-state index contributed by atoms with van der Waals surface area (Å²) >= 11 is 0. The molecule has 0 saturated carbocycles. The van der Waals surface area contributed by atoms with Crippen molar-refractivity contribution >= 4 is 0 Å².